The van der Waals surface area contributed by atoms with E-state index >= 15 is 0 Å². The third-order valence-electron chi connectivity index (χ3n) is 4.96. The molecule has 1 amide bonds. The zero-order valence-electron chi connectivity index (χ0n) is 13.0. The average molecular weight is 281 g/mol. The first-order chi connectivity index (χ1) is 9.70. The van der Waals surface area contributed by atoms with Crippen LogP contribution in [0.5, 0.6) is 0 Å². The monoisotopic (exact) mass is 281 g/mol. The summed E-state index contributed by atoms with van der Waals surface area (Å²) < 4.78 is 0. The molecular weight excluding hydrogens is 250 g/mol. The summed E-state index contributed by atoms with van der Waals surface area (Å²) in [4.78, 5) is 16.9. The zero-order valence-corrected chi connectivity index (χ0v) is 13.0. The lowest BCUT2D eigenvalue weighted by Gasteiger charge is -2.33. The molecule has 2 atom stereocenters. The number of piperidine rings is 1. The Morgan fingerprint density at radius 3 is 2.55 bits per heavy atom. The largest absolute Gasteiger partial charge is 0.343 e. The maximum absolute atomic E-state index is 12.4. The van der Waals surface area contributed by atoms with Crippen molar-refractivity contribution in [2.75, 3.05) is 32.7 Å². The maximum atomic E-state index is 12.4. The Morgan fingerprint density at radius 1 is 1.10 bits per heavy atom. The predicted octanol–water partition coefficient (Wildman–Crippen LogP) is 1.84. The Labute approximate surface area is 123 Å². The normalized spacial score (nSPS) is 27.1. The van der Waals surface area contributed by atoms with Crippen molar-refractivity contribution in [2.45, 2.75) is 57.9 Å². The fourth-order valence-electron chi connectivity index (χ4n) is 3.49. The number of nitrogens with zero attached hydrogens (tertiary/aromatic N) is 2. The summed E-state index contributed by atoms with van der Waals surface area (Å²) in [5.41, 5.74) is 5.95. The lowest BCUT2D eigenvalue weighted by atomic mass is 10.0. The molecule has 2 saturated heterocycles. The maximum Gasteiger partial charge on any atom is 0.224 e. The first-order valence-electron chi connectivity index (χ1n) is 8.42. The molecule has 2 N–H and O–H groups in total. The fraction of sp³-hybridized carbons (Fsp3) is 0.938. The highest BCUT2D eigenvalue weighted by atomic mass is 16.2. The van der Waals surface area contributed by atoms with Gasteiger partial charge in [0.2, 0.25) is 5.91 Å². The summed E-state index contributed by atoms with van der Waals surface area (Å²) >= 11 is 0. The second-order valence-electron chi connectivity index (χ2n) is 6.61. The van der Waals surface area contributed by atoms with Crippen LogP contribution >= 0.6 is 0 Å². The van der Waals surface area contributed by atoms with Crippen LogP contribution in [-0.2, 0) is 4.79 Å². The molecule has 20 heavy (non-hydrogen) atoms. The molecule has 0 aromatic rings. The summed E-state index contributed by atoms with van der Waals surface area (Å²) in [6, 6.07) is 0.245. The number of nitrogens with two attached hydrogens (primary N) is 1. The molecule has 4 heteroatoms. The first kappa shape index (κ1) is 15.8. The van der Waals surface area contributed by atoms with E-state index < -0.39 is 0 Å². The second kappa shape index (κ2) is 7.99. The molecule has 2 aliphatic rings. The highest BCUT2D eigenvalue weighted by Crippen LogP contribution is 2.20. The molecule has 0 radical (unpaired) electrons. The van der Waals surface area contributed by atoms with E-state index in [4.69, 9.17) is 5.73 Å². The van der Waals surface area contributed by atoms with Crippen LogP contribution in [0.3, 0.4) is 0 Å². The summed E-state index contributed by atoms with van der Waals surface area (Å²) in [6.45, 7) is 7.06. The van der Waals surface area contributed by atoms with E-state index in [1.165, 1.54) is 38.5 Å². The van der Waals surface area contributed by atoms with Crippen LogP contribution < -0.4 is 5.73 Å². The van der Waals surface area contributed by atoms with E-state index in [1.807, 2.05) is 4.90 Å². The summed E-state index contributed by atoms with van der Waals surface area (Å²) in [5.74, 6) is 1.13. The number of rotatable bonds is 4. The smallest absolute Gasteiger partial charge is 0.224 e. The average Bonchev–Trinajstić information content (AvgIpc) is 2.70. The van der Waals surface area contributed by atoms with Gasteiger partial charge in [-0.15, -0.1) is 0 Å². The highest BCUT2D eigenvalue weighted by Gasteiger charge is 2.25. The van der Waals surface area contributed by atoms with Crippen LogP contribution in [0.1, 0.15) is 51.9 Å². The highest BCUT2D eigenvalue weighted by molar-refractivity contribution is 5.76. The van der Waals surface area contributed by atoms with Crippen molar-refractivity contribution in [1.29, 1.82) is 0 Å². The van der Waals surface area contributed by atoms with Gasteiger partial charge in [0, 0.05) is 32.1 Å². The van der Waals surface area contributed by atoms with Gasteiger partial charge in [0.15, 0.2) is 0 Å². The van der Waals surface area contributed by atoms with Gasteiger partial charge in [0.05, 0.1) is 0 Å². The number of hydrogen-bond donors (Lipinski definition) is 1. The fourth-order valence-corrected chi connectivity index (χ4v) is 3.49. The van der Waals surface area contributed by atoms with Crippen molar-refractivity contribution in [2.24, 2.45) is 11.7 Å². The second-order valence-corrected chi connectivity index (χ2v) is 6.61. The van der Waals surface area contributed by atoms with E-state index in [-0.39, 0.29) is 6.04 Å². The van der Waals surface area contributed by atoms with Gasteiger partial charge in [-0.1, -0.05) is 6.92 Å². The molecule has 0 bridgehead atoms. The third kappa shape index (κ3) is 4.45. The van der Waals surface area contributed by atoms with E-state index in [2.05, 4.69) is 11.8 Å². The van der Waals surface area contributed by atoms with Gasteiger partial charge in [0.25, 0.3) is 0 Å². The van der Waals surface area contributed by atoms with Crippen molar-refractivity contribution in [3.05, 3.63) is 0 Å². The van der Waals surface area contributed by atoms with E-state index in [9.17, 15) is 4.79 Å². The molecule has 0 aromatic heterocycles. The van der Waals surface area contributed by atoms with Crippen LogP contribution in [-0.4, -0.2) is 54.5 Å². The summed E-state index contributed by atoms with van der Waals surface area (Å²) in [7, 11) is 0. The van der Waals surface area contributed by atoms with Crippen LogP contribution in [0.2, 0.25) is 0 Å². The third-order valence-corrected chi connectivity index (χ3v) is 4.96. The minimum absolute atomic E-state index is 0.245. The summed E-state index contributed by atoms with van der Waals surface area (Å²) in [6.07, 6.45) is 8.03. The van der Waals surface area contributed by atoms with Gasteiger partial charge in [0.1, 0.15) is 0 Å². The minimum Gasteiger partial charge on any atom is -0.343 e. The van der Waals surface area contributed by atoms with E-state index in [1.54, 1.807) is 0 Å². The molecular formula is C16H31N3O. The van der Waals surface area contributed by atoms with Crippen molar-refractivity contribution in [3.63, 3.8) is 0 Å². The Morgan fingerprint density at radius 2 is 1.85 bits per heavy atom. The molecule has 0 aliphatic carbocycles. The molecule has 0 spiro atoms. The molecule has 2 rings (SSSR count). The number of amides is 1. The number of hydrogen-bond acceptors (Lipinski definition) is 3. The molecule has 2 aliphatic heterocycles. The van der Waals surface area contributed by atoms with E-state index in [0.29, 0.717) is 18.9 Å². The van der Waals surface area contributed by atoms with Crippen molar-refractivity contribution in [1.82, 2.24) is 9.80 Å². The standard InChI is InChI=1S/C16H31N3O/c1-14-6-5-10-18(11-7-14)15(13-17)12-16(20)19-8-3-2-4-9-19/h14-15H,2-13,17H2,1H3. The Bertz CT molecular complexity index is 302. The van der Waals surface area contributed by atoms with Gasteiger partial charge in [-0.25, -0.2) is 0 Å². The number of carbonyl (C=O) groups excluding carboxylic acids is 1. The van der Waals surface area contributed by atoms with Crippen molar-refractivity contribution in [3.8, 4) is 0 Å². The van der Waals surface area contributed by atoms with E-state index in [0.717, 1.165) is 32.1 Å². The van der Waals surface area contributed by atoms with Gasteiger partial charge < -0.3 is 10.6 Å². The molecule has 116 valence electrons. The van der Waals surface area contributed by atoms with Crippen molar-refractivity contribution < 1.29 is 4.79 Å². The lowest BCUT2D eigenvalue weighted by Crippen LogP contribution is -2.46. The Balaban J connectivity index is 1.85. The predicted molar refractivity (Wildman–Crippen MR) is 82.5 cm³/mol. The Hall–Kier alpha value is -0.610. The van der Waals surface area contributed by atoms with Crippen LogP contribution in [0.15, 0.2) is 0 Å². The first-order valence-corrected chi connectivity index (χ1v) is 8.42. The molecule has 0 aromatic carbocycles. The van der Waals surface area contributed by atoms with Crippen LogP contribution in [0, 0.1) is 5.92 Å². The minimum atomic E-state index is 0.245. The SMILES string of the molecule is CC1CCCN(C(CN)CC(=O)N2CCCCC2)CC1. The number of likely N-dealkylation sites (tertiary alicyclic amines) is 2. The number of carbonyl (C=O) groups is 1. The van der Waals surface area contributed by atoms with Gasteiger partial charge >= 0.3 is 0 Å². The lowest BCUT2D eigenvalue weighted by molar-refractivity contribution is -0.133. The molecule has 2 fully saturated rings. The van der Waals surface area contributed by atoms with Gasteiger partial charge in [-0.2, -0.15) is 0 Å². The zero-order chi connectivity index (χ0) is 14.4. The topological polar surface area (TPSA) is 49.6 Å². The van der Waals surface area contributed by atoms with Crippen molar-refractivity contribution >= 4 is 5.91 Å². The van der Waals surface area contributed by atoms with Gasteiger partial charge in [-0.3, -0.25) is 9.69 Å². The quantitative estimate of drug-likeness (QED) is 0.855. The molecule has 2 unspecified atom stereocenters. The van der Waals surface area contributed by atoms with Gasteiger partial charge in [-0.05, 0) is 57.5 Å². The van der Waals surface area contributed by atoms with Crippen LogP contribution in [0.4, 0.5) is 0 Å². The molecule has 0 saturated carbocycles. The molecule has 2 heterocycles. The molecule has 4 nitrogen and oxygen atoms in total. The van der Waals surface area contributed by atoms with Crippen LogP contribution in [0.25, 0.3) is 0 Å². The summed E-state index contributed by atoms with van der Waals surface area (Å²) in [5, 5.41) is 0. The Kier molecular flexibility index (Phi) is 6.30.